The second-order valence-corrected chi connectivity index (χ2v) is 6.56. The summed E-state index contributed by atoms with van der Waals surface area (Å²) >= 11 is 0. The molecule has 2 fully saturated rings. The zero-order valence-corrected chi connectivity index (χ0v) is 12.9. The summed E-state index contributed by atoms with van der Waals surface area (Å²) in [5.41, 5.74) is 1.29. The van der Waals surface area contributed by atoms with Gasteiger partial charge in [-0.2, -0.15) is 0 Å². The molecule has 0 aromatic carbocycles. The van der Waals surface area contributed by atoms with Crippen LogP contribution in [0.1, 0.15) is 5.56 Å². The van der Waals surface area contributed by atoms with Crippen LogP contribution in [-0.2, 0) is 11.3 Å². The number of likely N-dealkylation sites (N-methyl/N-ethyl adjacent to an activating group) is 1. The molecule has 0 radical (unpaired) electrons. The molecule has 3 rings (SSSR count). The van der Waals surface area contributed by atoms with Gasteiger partial charge in [0.1, 0.15) is 0 Å². The summed E-state index contributed by atoms with van der Waals surface area (Å²) < 4.78 is 0. The molecule has 2 saturated heterocycles. The molecule has 21 heavy (non-hydrogen) atoms. The van der Waals surface area contributed by atoms with Crippen LogP contribution in [0, 0.1) is 11.8 Å². The maximum Gasteiger partial charge on any atom is 0.236 e. The Morgan fingerprint density at radius 3 is 2.48 bits per heavy atom. The Kier molecular flexibility index (Phi) is 4.22. The fourth-order valence-corrected chi connectivity index (χ4v) is 3.53. The van der Waals surface area contributed by atoms with E-state index in [9.17, 15) is 4.79 Å². The van der Waals surface area contributed by atoms with Crippen LogP contribution in [0.15, 0.2) is 24.5 Å². The average Bonchev–Trinajstić information content (AvgIpc) is 2.97. The van der Waals surface area contributed by atoms with Gasteiger partial charge in [0.2, 0.25) is 5.91 Å². The van der Waals surface area contributed by atoms with Crippen molar-refractivity contribution in [3.8, 4) is 0 Å². The highest BCUT2D eigenvalue weighted by Gasteiger charge is 2.40. The molecule has 2 aliphatic heterocycles. The fourth-order valence-electron chi connectivity index (χ4n) is 3.53. The van der Waals surface area contributed by atoms with E-state index in [2.05, 4.69) is 20.9 Å². The van der Waals surface area contributed by atoms with Crippen molar-refractivity contribution in [2.75, 3.05) is 46.8 Å². The van der Waals surface area contributed by atoms with Crippen LogP contribution in [-0.4, -0.2) is 72.4 Å². The molecule has 0 saturated carbocycles. The van der Waals surface area contributed by atoms with Crippen molar-refractivity contribution in [3.63, 3.8) is 0 Å². The van der Waals surface area contributed by atoms with Gasteiger partial charge in [-0.15, -0.1) is 0 Å². The molecule has 5 nitrogen and oxygen atoms in total. The third-order valence-electron chi connectivity index (χ3n) is 4.62. The Morgan fingerprint density at radius 1 is 1.24 bits per heavy atom. The van der Waals surface area contributed by atoms with Crippen molar-refractivity contribution in [3.05, 3.63) is 30.1 Å². The van der Waals surface area contributed by atoms with Gasteiger partial charge in [-0.05, 0) is 23.5 Å². The molecule has 0 N–H and O–H groups in total. The highest BCUT2D eigenvalue weighted by Crippen LogP contribution is 2.31. The van der Waals surface area contributed by atoms with Crippen LogP contribution in [0.25, 0.3) is 0 Å². The molecule has 0 spiro atoms. The Hall–Kier alpha value is -1.46. The Balaban J connectivity index is 1.49. The molecule has 2 aliphatic rings. The first-order valence-corrected chi connectivity index (χ1v) is 7.65. The summed E-state index contributed by atoms with van der Waals surface area (Å²) in [7, 11) is 3.66. The number of pyridine rings is 1. The molecule has 3 heterocycles. The van der Waals surface area contributed by atoms with Crippen LogP contribution in [0.4, 0.5) is 0 Å². The Bertz CT molecular complexity index is 476. The third-order valence-corrected chi connectivity index (χ3v) is 4.62. The largest absolute Gasteiger partial charge is 0.348 e. The second-order valence-electron chi connectivity index (χ2n) is 6.56. The van der Waals surface area contributed by atoms with E-state index in [1.807, 2.05) is 32.6 Å². The number of rotatable bonds is 4. The minimum Gasteiger partial charge on any atom is -0.348 e. The maximum absolute atomic E-state index is 11.8. The first-order chi connectivity index (χ1) is 10.1. The van der Waals surface area contributed by atoms with E-state index < -0.39 is 0 Å². The van der Waals surface area contributed by atoms with Gasteiger partial charge in [-0.3, -0.25) is 19.6 Å². The van der Waals surface area contributed by atoms with Crippen molar-refractivity contribution in [1.82, 2.24) is 19.7 Å². The summed E-state index contributed by atoms with van der Waals surface area (Å²) in [6.07, 6.45) is 3.78. The highest BCUT2D eigenvalue weighted by molar-refractivity contribution is 5.77. The number of fused-ring (bicyclic) bond motifs is 1. The van der Waals surface area contributed by atoms with Crippen LogP contribution in [0.5, 0.6) is 0 Å². The molecular formula is C16H24N4O. The lowest BCUT2D eigenvalue weighted by atomic mass is 10.0. The molecular weight excluding hydrogens is 264 g/mol. The topological polar surface area (TPSA) is 39.7 Å². The zero-order chi connectivity index (χ0) is 14.8. The SMILES string of the molecule is CN(C)C(=O)CN1C[C@@H]2CN(Cc3cccnc3)C[C@@H]2C1. The van der Waals surface area contributed by atoms with Crippen molar-refractivity contribution >= 4 is 5.91 Å². The predicted octanol–water partition coefficient (Wildman–Crippen LogP) is 0.533. The third kappa shape index (κ3) is 3.41. The summed E-state index contributed by atoms with van der Waals surface area (Å²) in [5, 5.41) is 0. The number of hydrogen-bond acceptors (Lipinski definition) is 4. The molecule has 0 unspecified atom stereocenters. The van der Waals surface area contributed by atoms with E-state index in [4.69, 9.17) is 0 Å². The maximum atomic E-state index is 11.8. The first-order valence-electron chi connectivity index (χ1n) is 7.65. The lowest BCUT2D eigenvalue weighted by Crippen LogP contribution is -2.37. The van der Waals surface area contributed by atoms with Gasteiger partial charge in [0.25, 0.3) is 0 Å². The first kappa shape index (κ1) is 14.5. The van der Waals surface area contributed by atoms with E-state index in [-0.39, 0.29) is 5.91 Å². The molecule has 0 bridgehead atoms. The minimum absolute atomic E-state index is 0.210. The van der Waals surface area contributed by atoms with Gasteiger partial charge in [-0.25, -0.2) is 0 Å². The molecule has 1 amide bonds. The minimum atomic E-state index is 0.210. The van der Waals surface area contributed by atoms with E-state index in [1.54, 1.807) is 4.90 Å². The number of likely N-dealkylation sites (tertiary alicyclic amines) is 2. The van der Waals surface area contributed by atoms with Crippen molar-refractivity contribution in [1.29, 1.82) is 0 Å². The van der Waals surface area contributed by atoms with E-state index in [0.29, 0.717) is 6.54 Å². The van der Waals surface area contributed by atoms with Crippen molar-refractivity contribution in [2.24, 2.45) is 11.8 Å². The lowest BCUT2D eigenvalue weighted by molar-refractivity contribution is -0.129. The van der Waals surface area contributed by atoms with Crippen molar-refractivity contribution in [2.45, 2.75) is 6.54 Å². The molecule has 1 aromatic rings. The van der Waals surface area contributed by atoms with Gasteiger partial charge in [0.15, 0.2) is 0 Å². The lowest BCUT2D eigenvalue weighted by Gasteiger charge is -2.22. The summed E-state index contributed by atoms with van der Waals surface area (Å²) in [5.74, 6) is 1.65. The number of nitrogens with zero attached hydrogens (tertiary/aromatic N) is 4. The summed E-state index contributed by atoms with van der Waals surface area (Å²) in [4.78, 5) is 22.5. The number of aromatic nitrogens is 1. The van der Waals surface area contributed by atoms with Crippen LogP contribution < -0.4 is 0 Å². The van der Waals surface area contributed by atoms with Crippen LogP contribution >= 0.6 is 0 Å². The molecule has 5 heteroatoms. The van der Waals surface area contributed by atoms with Gasteiger partial charge < -0.3 is 4.90 Å². The second kappa shape index (κ2) is 6.12. The number of carbonyl (C=O) groups is 1. The summed E-state index contributed by atoms with van der Waals surface area (Å²) in [6.45, 7) is 5.99. The standard InChI is InChI=1S/C16H24N4O/c1-18(2)16(21)12-20-10-14-8-19(9-15(14)11-20)7-13-4-3-5-17-6-13/h3-6,14-15H,7-12H2,1-2H3/t14-,15+. The number of hydrogen-bond donors (Lipinski definition) is 0. The molecule has 2 atom stereocenters. The van der Waals surface area contributed by atoms with Gasteiger partial charge in [0, 0.05) is 59.2 Å². The quantitative estimate of drug-likeness (QED) is 0.810. The highest BCUT2D eigenvalue weighted by atomic mass is 16.2. The van der Waals surface area contributed by atoms with Gasteiger partial charge >= 0.3 is 0 Å². The smallest absolute Gasteiger partial charge is 0.236 e. The predicted molar refractivity (Wildman–Crippen MR) is 81.6 cm³/mol. The average molecular weight is 288 g/mol. The number of amides is 1. The molecule has 0 aliphatic carbocycles. The van der Waals surface area contributed by atoms with Crippen LogP contribution in [0.3, 0.4) is 0 Å². The van der Waals surface area contributed by atoms with E-state index >= 15 is 0 Å². The van der Waals surface area contributed by atoms with Gasteiger partial charge in [-0.1, -0.05) is 6.07 Å². The van der Waals surface area contributed by atoms with E-state index in [1.165, 1.54) is 5.56 Å². The monoisotopic (exact) mass is 288 g/mol. The number of carbonyl (C=O) groups excluding carboxylic acids is 1. The Labute approximate surface area is 126 Å². The zero-order valence-electron chi connectivity index (χ0n) is 12.9. The van der Waals surface area contributed by atoms with E-state index in [0.717, 1.165) is 44.6 Å². The van der Waals surface area contributed by atoms with Crippen molar-refractivity contribution < 1.29 is 4.79 Å². The normalized spacial score (nSPS) is 26.0. The summed E-state index contributed by atoms with van der Waals surface area (Å²) in [6, 6.07) is 4.14. The van der Waals surface area contributed by atoms with Gasteiger partial charge in [0.05, 0.1) is 6.54 Å². The van der Waals surface area contributed by atoms with Crippen LogP contribution in [0.2, 0.25) is 0 Å². The Morgan fingerprint density at radius 2 is 1.90 bits per heavy atom. The molecule has 114 valence electrons. The molecule has 1 aromatic heterocycles. The fraction of sp³-hybridized carbons (Fsp3) is 0.625.